The Morgan fingerprint density at radius 2 is 1.61 bits per heavy atom. The Kier molecular flexibility index (Phi) is 6.84. The van der Waals surface area contributed by atoms with E-state index in [1.54, 1.807) is 28.6 Å². The van der Waals surface area contributed by atoms with Gasteiger partial charge >= 0.3 is 0 Å². The average Bonchev–Trinajstić information content (AvgIpc) is 3.26. The van der Waals surface area contributed by atoms with E-state index in [4.69, 9.17) is 18.9 Å². The third kappa shape index (κ3) is 5.23. The Morgan fingerprint density at radius 1 is 0.903 bits per heavy atom. The summed E-state index contributed by atoms with van der Waals surface area (Å²) in [5, 5.41) is 0. The maximum atomic E-state index is 12.9. The lowest BCUT2D eigenvalue weighted by atomic mass is 10.3. The lowest BCUT2D eigenvalue weighted by Crippen LogP contribution is -2.48. The fourth-order valence-corrected chi connectivity index (χ4v) is 5.08. The summed E-state index contributed by atoms with van der Waals surface area (Å²) in [6, 6.07) is 12.2. The molecule has 0 atom stereocenters. The minimum Gasteiger partial charge on any atom is -0.494 e. The quantitative estimate of drug-likeness (QED) is 0.546. The second kappa shape index (κ2) is 9.76. The van der Waals surface area contributed by atoms with Crippen LogP contribution in [0.15, 0.2) is 47.4 Å². The first-order chi connectivity index (χ1) is 15.1. The average molecular weight is 449 g/mol. The molecule has 0 aliphatic carbocycles. The molecular formula is C22H28N2O6S. The normalized spacial score (nSPS) is 16.9. The molecule has 0 aromatic heterocycles. The summed E-state index contributed by atoms with van der Waals surface area (Å²) in [5.74, 6) is 2.89. The maximum Gasteiger partial charge on any atom is 0.243 e. The molecule has 168 valence electrons. The van der Waals surface area contributed by atoms with Crippen LogP contribution in [0, 0.1) is 0 Å². The van der Waals surface area contributed by atoms with Gasteiger partial charge in [-0.3, -0.25) is 0 Å². The molecule has 2 aliphatic heterocycles. The molecule has 0 bridgehead atoms. The third-order valence-corrected chi connectivity index (χ3v) is 7.25. The monoisotopic (exact) mass is 448 g/mol. The number of nitrogens with zero attached hydrogens (tertiary/aromatic N) is 2. The Bertz CT molecular complexity index is 972. The Labute approximate surface area is 183 Å². The molecule has 0 radical (unpaired) electrons. The molecule has 0 unspecified atom stereocenters. The molecule has 0 saturated carbocycles. The van der Waals surface area contributed by atoms with Crippen molar-refractivity contribution in [3.63, 3.8) is 0 Å². The Hall–Kier alpha value is -2.49. The van der Waals surface area contributed by atoms with Crippen molar-refractivity contribution in [3.8, 4) is 23.0 Å². The van der Waals surface area contributed by atoms with Gasteiger partial charge in [0.1, 0.15) is 11.5 Å². The maximum absolute atomic E-state index is 12.9. The van der Waals surface area contributed by atoms with Gasteiger partial charge in [-0.2, -0.15) is 4.31 Å². The number of benzene rings is 2. The molecular weight excluding hydrogens is 420 g/mol. The first-order valence-electron chi connectivity index (χ1n) is 10.5. The van der Waals surface area contributed by atoms with Crippen LogP contribution in [-0.2, 0) is 10.0 Å². The van der Waals surface area contributed by atoms with E-state index >= 15 is 0 Å². The van der Waals surface area contributed by atoms with Crippen molar-refractivity contribution in [3.05, 3.63) is 42.5 Å². The molecule has 0 spiro atoms. The highest BCUT2D eigenvalue weighted by Gasteiger charge is 2.28. The molecule has 0 N–H and O–H groups in total. The largest absolute Gasteiger partial charge is 0.494 e. The van der Waals surface area contributed by atoms with E-state index in [1.165, 1.54) is 0 Å². The fraction of sp³-hybridized carbons (Fsp3) is 0.455. The van der Waals surface area contributed by atoms with Crippen LogP contribution in [0.5, 0.6) is 23.0 Å². The Morgan fingerprint density at radius 3 is 2.35 bits per heavy atom. The van der Waals surface area contributed by atoms with E-state index in [0.717, 1.165) is 24.5 Å². The van der Waals surface area contributed by atoms with Crippen LogP contribution in [0.1, 0.15) is 13.3 Å². The first kappa shape index (κ1) is 21.7. The number of sulfonamides is 1. The second-order valence-corrected chi connectivity index (χ2v) is 9.31. The van der Waals surface area contributed by atoms with Gasteiger partial charge in [0.05, 0.1) is 18.1 Å². The minimum atomic E-state index is -3.48. The standard InChI is InChI=1S/C22H28N2O6S/c1-2-27-18-4-7-20(8-5-18)31(25,26)24-13-11-23(12-14-24)10-3-15-28-19-6-9-21-22(16-19)30-17-29-21/h4-9,16H,2-3,10-15,17H2,1H3. The lowest BCUT2D eigenvalue weighted by Gasteiger charge is -2.34. The van der Waals surface area contributed by atoms with Gasteiger partial charge in [0, 0.05) is 38.8 Å². The van der Waals surface area contributed by atoms with Gasteiger partial charge in [-0.1, -0.05) is 0 Å². The molecule has 8 nitrogen and oxygen atoms in total. The van der Waals surface area contributed by atoms with Gasteiger partial charge in [-0.25, -0.2) is 8.42 Å². The molecule has 1 saturated heterocycles. The highest BCUT2D eigenvalue weighted by atomic mass is 32.2. The molecule has 9 heteroatoms. The highest BCUT2D eigenvalue weighted by molar-refractivity contribution is 7.89. The molecule has 2 aromatic carbocycles. The van der Waals surface area contributed by atoms with Gasteiger partial charge in [0.2, 0.25) is 16.8 Å². The topological polar surface area (TPSA) is 77.5 Å². The van der Waals surface area contributed by atoms with Gasteiger partial charge in [-0.15, -0.1) is 0 Å². The molecule has 2 aromatic rings. The zero-order valence-corrected chi connectivity index (χ0v) is 18.5. The van der Waals surface area contributed by atoms with Crippen LogP contribution in [-0.4, -0.2) is 70.4 Å². The van der Waals surface area contributed by atoms with Gasteiger partial charge in [-0.05, 0) is 49.7 Å². The van der Waals surface area contributed by atoms with Gasteiger partial charge in [0.25, 0.3) is 0 Å². The predicted octanol–water partition coefficient (Wildman–Crippen LogP) is 2.59. The number of fused-ring (bicyclic) bond motifs is 1. The van der Waals surface area contributed by atoms with Crippen LogP contribution >= 0.6 is 0 Å². The summed E-state index contributed by atoms with van der Waals surface area (Å²) in [6.07, 6.45) is 0.861. The van der Waals surface area contributed by atoms with Crippen LogP contribution in [0.4, 0.5) is 0 Å². The van der Waals surface area contributed by atoms with Crippen LogP contribution < -0.4 is 18.9 Å². The van der Waals surface area contributed by atoms with Gasteiger partial charge < -0.3 is 23.8 Å². The summed E-state index contributed by atoms with van der Waals surface area (Å²) >= 11 is 0. The molecule has 1 fully saturated rings. The Balaban J connectivity index is 1.20. The van der Waals surface area contributed by atoms with Crippen LogP contribution in [0.3, 0.4) is 0 Å². The summed E-state index contributed by atoms with van der Waals surface area (Å²) in [5.41, 5.74) is 0. The molecule has 2 aliphatic rings. The van der Waals surface area contributed by atoms with Crippen molar-refractivity contribution < 1.29 is 27.4 Å². The van der Waals surface area contributed by atoms with E-state index in [1.807, 2.05) is 25.1 Å². The summed E-state index contributed by atoms with van der Waals surface area (Å²) < 4.78 is 49.2. The van der Waals surface area contributed by atoms with Crippen molar-refractivity contribution in [2.45, 2.75) is 18.2 Å². The van der Waals surface area contributed by atoms with Crippen molar-refractivity contribution in [1.82, 2.24) is 9.21 Å². The SMILES string of the molecule is CCOc1ccc(S(=O)(=O)N2CCN(CCCOc3ccc4c(c3)OCO4)CC2)cc1. The fourth-order valence-electron chi connectivity index (χ4n) is 3.66. The zero-order chi connectivity index (χ0) is 21.7. The first-order valence-corrected chi connectivity index (χ1v) is 12.0. The number of hydrogen-bond donors (Lipinski definition) is 0. The third-order valence-electron chi connectivity index (χ3n) is 5.34. The number of rotatable bonds is 9. The van der Waals surface area contributed by atoms with Gasteiger partial charge in [0.15, 0.2) is 11.5 Å². The van der Waals surface area contributed by atoms with E-state index in [0.29, 0.717) is 55.8 Å². The summed E-state index contributed by atoms with van der Waals surface area (Å²) in [7, 11) is -3.48. The summed E-state index contributed by atoms with van der Waals surface area (Å²) in [6.45, 7) is 6.53. The van der Waals surface area contributed by atoms with Crippen LogP contribution in [0.2, 0.25) is 0 Å². The second-order valence-electron chi connectivity index (χ2n) is 7.37. The number of hydrogen-bond acceptors (Lipinski definition) is 7. The van der Waals surface area contributed by atoms with E-state index in [-0.39, 0.29) is 6.79 Å². The van der Waals surface area contributed by atoms with Crippen molar-refractivity contribution >= 4 is 10.0 Å². The van der Waals surface area contributed by atoms with Crippen molar-refractivity contribution in [2.75, 3.05) is 52.7 Å². The van der Waals surface area contributed by atoms with Crippen molar-refractivity contribution in [2.24, 2.45) is 0 Å². The molecule has 31 heavy (non-hydrogen) atoms. The zero-order valence-electron chi connectivity index (χ0n) is 17.7. The van der Waals surface area contributed by atoms with E-state index in [2.05, 4.69) is 4.90 Å². The predicted molar refractivity (Wildman–Crippen MR) is 115 cm³/mol. The lowest BCUT2D eigenvalue weighted by molar-refractivity contribution is 0.172. The molecule has 0 amide bonds. The van der Waals surface area contributed by atoms with Crippen LogP contribution in [0.25, 0.3) is 0 Å². The smallest absolute Gasteiger partial charge is 0.243 e. The van der Waals surface area contributed by atoms with Crippen molar-refractivity contribution in [1.29, 1.82) is 0 Å². The number of ether oxygens (including phenoxy) is 4. The number of piperazine rings is 1. The van der Waals surface area contributed by atoms with E-state index in [9.17, 15) is 8.42 Å². The minimum absolute atomic E-state index is 0.249. The molecule has 4 rings (SSSR count). The summed E-state index contributed by atoms with van der Waals surface area (Å²) in [4.78, 5) is 2.58. The van der Waals surface area contributed by atoms with E-state index < -0.39 is 10.0 Å². The highest BCUT2D eigenvalue weighted by Crippen LogP contribution is 2.35. The molecule has 2 heterocycles.